The number of imidazole rings is 1. The van der Waals surface area contributed by atoms with E-state index >= 15 is 0 Å². The van der Waals surface area contributed by atoms with Crippen molar-refractivity contribution in [1.29, 1.82) is 0 Å². The van der Waals surface area contributed by atoms with E-state index in [1.165, 1.54) is 11.3 Å². The van der Waals surface area contributed by atoms with E-state index in [9.17, 15) is 4.79 Å². The average molecular weight is 328 g/mol. The Balaban J connectivity index is 1.45. The van der Waals surface area contributed by atoms with Crippen LogP contribution in [0.5, 0.6) is 0 Å². The quantitative estimate of drug-likeness (QED) is 0.802. The van der Waals surface area contributed by atoms with Crippen LogP contribution in [-0.4, -0.2) is 26.5 Å². The maximum absolute atomic E-state index is 12.4. The van der Waals surface area contributed by atoms with Gasteiger partial charge in [-0.2, -0.15) is 0 Å². The van der Waals surface area contributed by atoms with E-state index in [0.29, 0.717) is 11.5 Å². The fourth-order valence-corrected chi connectivity index (χ4v) is 3.54. The van der Waals surface area contributed by atoms with Gasteiger partial charge in [-0.15, -0.1) is 11.3 Å². The first-order chi connectivity index (χ1) is 11.2. The standard InChI is InChI=1S/C16H16N4O2S/c1-10-2-4-13(22-10)16-19-12(9-23-16)15(21)18-11-3-5-14-17-6-7-20(14)8-11/h2,4,6-7,9,11H,3,5,8H2,1H3,(H,18,21)/t11-/m1/s1. The van der Waals surface area contributed by atoms with Gasteiger partial charge in [-0.25, -0.2) is 9.97 Å². The highest BCUT2D eigenvalue weighted by Crippen LogP contribution is 2.25. The number of nitrogens with one attached hydrogen (secondary N) is 1. The van der Waals surface area contributed by atoms with Gasteiger partial charge >= 0.3 is 0 Å². The number of carbonyl (C=O) groups excluding carboxylic acids is 1. The van der Waals surface area contributed by atoms with Crippen LogP contribution in [0.15, 0.2) is 34.3 Å². The minimum atomic E-state index is -0.135. The van der Waals surface area contributed by atoms with Crippen LogP contribution in [-0.2, 0) is 13.0 Å². The zero-order valence-electron chi connectivity index (χ0n) is 12.7. The van der Waals surface area contributed by atoms with Crippen molar-refractivity contribution in [2.24, 2.45) is 0 Å². The second kappa shape index (κ2) is 5.66. The average Bonchev–Trinajstić information content (AvgIpc) is 3.26. The van der Waals surface area contributed by atoms with E-state index in [2.05, 4.69) is 19.9 Å². The number of hydrogen-bond acceptors (Lipinski definition) is 5. The van der Waals surface area contributed by atoms with Crippen LogP contribution in [0.4, 0.5) is 0 Å². The molecular weight excluding hydrogens is 312 g/mol. The van der Waals surface area contributed by atoms with Crippen molar-refractivity contribution in [3.05, 3.63) is 47.2 Å². The zero-order valence-corrected chi connectivity index (χ0v) is 13.5. The normalized spacial score (nSPS) is 17.0. The van der Waals surface area contributed by atoms with Gasteiger partial charge in [-0.3, -0.25) is 4.79 Å². The molecule has 1 aliphatic heterocycles. The smallest absolute Gasteiger partial charge is 0.271 e. The number of thiazole rings is 1. The molecule has 6 nitrogen and oxygen atoms in total. The first kappa shape index (κ1) is 14.2. The summed E-state index contributed by atoms with van der Waals surface area (Å²) in [7, 11) is 0. The van der Waals surface area contributed by atoms with Gasteiger partial charge in [0, 0.05) is 36.8 Å². The van der Waals surface area contributed by atoms with Gasteiger partial charge in [-0.05, 0) is 25.5 Å². The zero-order chi connectivity index (χ0) is 15.8. The monoisotopic (exact) mass is 328 g/mol. The van der Waals surface area contributed by atoms with E-state index < -0.39 is 0 Å². The van der Waals surface area contributed by atoms with Crippen molar-refractivity contribution in [2.75, 3.05) is 0 Å². The topological polar surface area (TPSA) is 73.0 Å². The van der Waals surface area contributed by atoms with E-state index in [1.54, 1.807) is 11.6 Å². The maximum Gasteiger partial charge on any atom is 0.271 e. The Labute approximate surface area is 137 Å². The molecular formula is C16H16N4O2S. The van der Waals surface area contributed by atoms with Crippen LogP contribution in [0.2, 0.25) is 0 Å². The first-order valence-electron chi connectivity index (χ1n) is 7.52. The van der Waals surface area contributed by atoms with E-state index in [1.807, 2.05) is 25.3 Å². The number of aromatic nitrogens is 3. The van der Waals surface area contributed by atoms with Crippen molar-refractivity contribution in [2.45, 2.75) is 32.4 Å². The van der Waals surface area contributed by atoms with Crippen molar-refractivity contribution in [3.8, 4) is 10.8 Å². The summed E-state index contributed by atoms with van der Waals surface area (Å²) < 4.78 is 7.64. The summed E-state index contributed by atoms with van der Waals surface area (Å²) in [4.78, 5) is 21.1. The van der Waals surface area contributed by atoms with E-state index in [0.717, 1.165) is 36.0 Å². The summed E-state index contributed by atoms with van der Waals surface area (Å²) in [5.41, 5.74) is 0.440. The van der Waals surface area contributed by atoms with Gasteiger partial charge in [-0.1, -0.05) is 0 Å². The molecule has 118 valence electrons. The number of hydrogen-bond donors (Lipinski definition) is 1. The molecule has 0 saturated carbocycles. The summed E-state index contributed by atoms with van der Waals surface area (Å²) in [6.45, 7) is 2.65. The summed E-state index contributed by atoms with van der Waals surface area (Å²) in [5.74, 6) is 2.48. The van der Waals surface area contributed by atoms with Gasteiger partial charge in [0.05, 0.1) is 0 Å². The number of fused-ring (bicyclic) bond motifs is 1. The maximum atomic E-state index is 12.4. The fourth-order valence-electron chi connectivity index (χ4n) is 2.78. The number of carbonyl (C=O) groups is 1. The third-order valence-corrected chi connectivity index (χ3v) is 4.82. The number of nitrogens with zero attached hydrogens (tertiary/aromatic N) is 3. The molecule has 1 amide bonds. The molecule has 0 saturated heterocycles. The molecule has 23 heavy (non-hydrogen) atoms. The van der Waals surface area contributed by atoms with Crippen molar-refractivity contribution in [1.82, 2.24) is 19.9 Å². The van der Waals surface area contributed by atoms with Crippen molar-refractivity contribution in [3.63, 3.8) is 0 Å². The molecule has 1 aliphatic rings. The second-order valence-electron chi connectivity index (χ2n) is 5.65. The summed E-state index contributed by atoms with van der Waals surface area (Å²) in [6, 6.07) is 3.87. The minimum absolute atomic E-state index is 0.111. The Morgan fingerprint density at radius 3 is 3.22 bits per heavy atom. The molecule has 0 aromatic carbocycles. The van der Waals surface area contributed by atoms with Crippen LogP contribution in [0.25, 0.3) is 10.8 Å². The largest absolute Gasteiger partial charge is 0.459 e. The molecule has 0 bridgehead atoms. The molecule has 4 heterocycles. The Morgan fingerprint density at radius 2 is 2.39 bits per heavy atom. The highest BCUT2D eigenvalue weighted by molar-refractivity contribution is 7.13. The molecule has 0 fully saturated rings. The van der Waals surface area contributed by atoms with Crippen LogP contribution in [0.1, 0.15) is 28.5 Å². The first-order valence-corrected chi connectivity index (χ1v) is 8.40. The predicted molar refractivity (Wildman–Crippen MR) is 86.4 cm³/mol. The summed E-state index contributed by atoms with van der Waals surface area (Å²) in [5, 5.41) is 5.56. The van der Waals surface area contributed by atoms with Gasteiger partial charge in [0.1, 0.15) is 17.3 Å². The number of rotatable bonds is 3. The predicted octanol–water partition coefficient (Wildman–Crippen LogP) is 2.65. The van der Waals surface area contributed by atoms with Gasteiger partial charge in [0.25, 0.3) is 5.91 Å². The van der Waals surface area contributed by atoms with Crippen LogP contribution >= 0.6 is 11.3 Å². The Morgan fingerprint density at radius 1 is 1.48 bits per heavy atom. The highest BCUT2D eigenvalue weighted by Gasteiger charge is 2.22. The number of aryl methyl sites for hydroxylation is 2. The third-order valence-electron chi connectivity index (χ3n) is 3.96. The minimum Gasteiger partial charge on any atom is -0.459 e. The summed E-state index contributed by atoms with van der Waals surface area (Å²) >= 11 is 1.42. The number of furan rings is 1. The molecule has 0 spiro atoms. The Kier molecular flexibility index (Phi) is 3.49. The lowest BCUT2D eigenvalue weighted by molar-refractivity contribution is 0.0923. The highest BCUT2D eigenvalue weighted by atomic mass is 32.1. The SMILES string of the molecule is Cc1ccc(-c2nc(C(=O)N[C@@H]3CCc4nccn4C3)cs2)o1. The van der Waals surface area contributed by atoms with Crippen LogP contribution < -0.4 is 5.32 Å². The molecule has 1 N–H and O–H groups in total. The molecule has 4 rings (SSSR count). The van der Waals surface area contributed by atoms with Crippen LogP contribution in [0, 0.1) is 6.92 Å². The molecule has 0 aliphatic carbocycles. The summed E-state index contributed by atoms with van der Waals surface area (Å²) in [6.07, 6.45) is 5.54. The lowest BCUT2D eigenvalue weighted by Crippen LogP contribution is -2.41. The molecule has 1 atom stereocenters. The number of amides is 1. The van der Waals surface area contributed by atoms with E-state index in [-0.39, 0.29) is 11.9 Å². The molecule has 0 unspecified atom stereocenters. The lowest BCUT2D eigenvalue weighted by atomic mass is 10.1. The molecule has 3 aromatic heterocycles. The molecule has 7 heteroatoms. The fraction of sp³-hybridized carbons (Fsp3) is 0.312. The Bertz CT molecular complexity index is 848. The van der Waals surface area contributed by atoms with Crippen LogP contribution in [0.3, 0.4) is 0 Å². The second-order valence-corrected chi connectivity index (χ2v) is 6.51. The van der Waals surface area contributed by atoms with Gasteiger partial charge in [0.2, 0.25) is 0 Å². The molecule has 0 radical (unpaired) electrons. The Hall–Kier alpha value is -2.41. The van der Waals surface area contributed by atoms with Crippen molar-refractivity contribution >= 4 is 17.2 Å². The lowest BCUT2D eigenvalue weighted by Gasteiger charge is -2.24. The van der Waals surface area contributed by atoms with Gasteiger partial charge < -0.3 is 14.3 Å². The molecule has 3 aromatic rings. The third kappa shape index (κ3) is 2.79. The van der Waals surface area contributed by atoms with E-state index in [4.69, 9.17) is 4.42 Å². The van der Waals surface area contributed by atoms with Crippen molar-refractivity contribution < 1.29 is 9.21 Å². The van der Waals surface area contributed by atoms with Gasteiger partial charge in [0.15, 0.2) is 10.8 Å².